The van der Waals surface area contributed by atoms with Crippen molar-refractivity contribution < 1.29 is 4.74 Å². The Hall–Kier alpha value is -1.92. The fourth-order valence-electron chi connectivity index (χ4n) is 4.92. The van der Waals surface area contributed by atoms with Gasteiger partial charge >= 0.3 is 0 Å². The highest BCUT2D eigenvalue weighted by molar-refractivity contribution is 7.15. The van der Waals surface area contributed by atoms with Crippen molar-refractivity contribution in [3.63, 3.8) is 0 Å². The quantitative estimate of drug-likeness (QED) is 0.654. The van der Waals surface area contributed by atoms with Crippen molar-refractivity contribution in [1.82, 2.24) is 15.2 Å². The Bertz CT molecular complexity index is 831. The lowest BCUT2D eigenvalue weighted by atomic mass is 9.82. The summed E-state index contributed by atoms with van der Waals surface area (Å²) in [5, 5.41) is 4.67. The minimum absolute atomic E-state index is 0.486. The SMILES string of the molecule is CN=C(NCc1sc(-c2ccccc2)nc1C)N1CC2C3CCC(O3)C2C1. The third-order valence-corrected chi connectivity index (χ3v) is 7.49. The molecule has 142 valence electrons. The molecule has 0 saturated carbocycles. The summed E-state index contributed by atoms with van der Waals surface area (Å²) >= 11 is 1.77. The topological polar surface area (TPSA) is 49.8 Å². The molecule has 0 radical (unpaired) electrons. The number of thiazole rings is 1. The van der Waals surface area contributed by atoms with Crippen LogP contribution in [0.1, 0.15) is 23.4 Å². The molecule has 3 aliphatic rings. The average molecular weight is 383 g/mol. The van der Waals surface area contributed by atoms with E-state index in [2.05, 4.69) is 46.4 Å². The van der Waals surface area contributed by atoms with Crippen LogP contribution in [0.3, 0.4) is 0 Å². The van der Waals surface area contributed by atoms with Gasteiger partial charge in [-0.05, 0) is 19.8 Å². The van der Waals surface area contributed by atoms with E-state index in [0.717, 1.165) is 36.3 Å². The molecule has 27 heavy (non-hydrogen) atoms. The Morgan fingerprint density at radius 2 is 1.93 bits per heavy atom. The van der Waals surface area contributed by atoms with E-state index in [4.69, 9.17) is 9.72 Å². The van der Waals surface area contributed by atoms with Gasteiger partial charge < -0.3 is 15.0 Å². The highest BCUT2D eigenvalue weighted by atomic mass is 32.1. The number of benzene rings is 1. The van der Waals surface area contributed by atoms with E-state index < -0.39 is 0 Å². The number of nitrogens with one attached hydrogen (secondary N) is 1. The van der Waals surface area contributed by atoms with Crippen LogP contribution in [0.25, 0.3) is 10.6 Å². The van der Waals surface area contributed by atoms with Crippen LogP contribution in [0.4, 0.5) is 0 Å². The van der Waals surface area contributed by atoms with Crippen LogP contribution in [0, 0.1) is 18.8 Å². The largest absolute Gasteiger partial charge is 0.374 e. The van der Waals surface area contributed by atoms with Gasteiger partial charge in [0, 0.05) is 42.4 Å². The molecule has 4 unspecified atom stereocenters. The summed E-state index contributed by atoms with van der Waals surface area (Å²) in [7, 11) is 1.89. The predicted molar refractivity (Wildman–Crippen MR) is 109 cm³/mol. The van der Waals surface area contributed by atoms with E-state index in [0.29, 0.717) is 24.0 Å². The Morgan fingerprint density at radius 1 is 1.22 bits per heavy atom. The fourth-order valence-corrected chi connectivity index (χ4v) is 5.93. The molecule has 3 saturated heterocycles. The second kappa shape index (κ2) is 6.91. The maximum atomic E-state index is 6.10. The number of guanidine groups is 1. The highest BCUT2D eigenvalue weighted by Crippen LogP contribution is 2.47. The van der Waals surface area contributed by atoms with Crippen LogP contribution in [0.5, 0.6) is 0 Å². The second-order valence-corrected chi connectivity index (χ2v) is 8.90. The van der Waals surface area contributed by atoms with Gasteiger partial charge in [0.25, 0.3) is 0 Å². The maximum Gasteiger partial charge on any atom is 0.193 e. The molecule has 3 fully saturated rings. The zero-order valence-corrected chi connectivity index (χ0v) is 16.7. The van der Waals surface area contributed by atoms with Crippen molar-refractivity contribution in [2.45, 2.75) is 38.5 Å². The van der Waals surface area contributed by atoms with E-state index >= 15 is 0 Å². The molecule has 4 heterocycles. The van der Waals surface area contributed by atoms with Crippen molar-refractivity contribution in [3.05, 3.63) is 40.9 Å². The van der Waals surface area contributed by atoms with Gasteiger partial charge in [-0.3, -0.25) is 4.99 Å². The van der Waals surface area contributed by atoms with Crippen LogP contribution in [0.2, 0.25) is 0 Å². The maximum absolute atomic E-state index is 6.10. The smallest absolute Gasteiger partial charge is 0.193 e. The summed E-state index contributed by atoms with van der Waals surface area (Å²) in [4.78, 5) is 13.0. The summed E-state index contributed by atoms with van der Waals surface area (Å²) in [5.41, 5.74) is 2.29. The van der Waals surface area contributed by atoms with Gasteiger partial charge in [-0.1, -0.05) is 30.3 Å². The van der Waals surface area contributed by atoms with Crippen LogP contribution in [0.15, 0.2) is 35.3 Å². The second-order valence-electron chi connectivity index (χ2n) is 7.82. The van der Waals surface area contributed by atoms with Gasteiger partial charge in [0.2, 0.25) is 0 Å². The number of aromatic nitrogens is 1. The highest BCUT2D eigenvalue weighted by Gasteiger charge is 2.53. The molecule has 2 aromatic rings. The third kappa shape index (κ3) is 3.05. The molecule has 3 aliphatic heterocycles. The van der Waals surface area contributed by atoms with Gasteiger partial charge in [-0.2, -0.15) is 0 Å². The van der Waals surface area contributed by atoms with E-state index in [9.17, 15) is 0 Å². The summed E-state index contributed by atoms with van der Waals surface area (Å²) in [6, 6.07) is 10.4. The standard InChI is InChI=1S/C21H26N4OS/c1-13-19(27-20(24-13)14-6-4-3-5-7-14)10-23-21(22-2)25-11-15-16(12-25)18-9-8-17(15)26-18/h3-7,15-18H,8-12H2,1-2H3,(H,22,23). The lowest BCUT2D eigenvalue weighted by molar-refractivity contribution is 0.0767. The molecule has 0 amide bonds. The average Bonchev–Trinajstić information content (AvgIpc) is 3.45. The lowest BCUT2D eigenvalue weighted by Crippen LogP contribution is -2.40. The zero-order valence-electron chi connectivity index (χ0n) is 15.9. The molecular weight excluding hydrogens is 356 g/mol. The van der Waals surface area contributed by atoms with Crippen LogP contribution < -0.4 is 5.32 Å². The number of likely N-dealkylation sites (tertiary alicyclic amines) is 1. The molecule has 5 rings (SSSR count). The molecule has 1 aromatic heterocycles. The molecule has 0 spiro atoms. The first-order valence-corrected chi connectivity index (χ1v) is 10.7. The summed E-state index contributed by atoms with van der Waals surface area (Å²) in [5.74, 6) is 2.40. The minimum Gasteiger partial charge on any atom is -0.374 e. The first-order valence-electron chi connectivity index (χ1n) is 9.85. The van der Waals surface area contributed by atoms with Gasteiger partial charge in [-0.25, -0.2) is 4.98 Å². The third-order valence-electron chi connectivity index (χ3n) is 6.28. The Labute approximate surface area is 164 Å². The number of hydrogen-bond donors (Lipinski definition) is 1. The molecule has 6 heteroatoms. The van der Waals surface area contributed by atoms with Crippen LogP contribution in [-0.2, 0) is 11.3 Å². The van der Waals surface area contributed by atoms with E-state index in [-0.39, 0.29) is 0 Å². The van der Waals surface area contributed by atoms with Crippen LogP contribution in [-0.4, -0.2) is 48.2 Å². The summed E-state index contributed by atoms with van der Waals surface area (Å²) in [6.45, 7) is 5.01. The zero-order chi connectivity index (χ0) is 18.4. The molecule has 1 N–H and O–H groups in total. The molecule has 5 nitrogen and oxygen atoms in total. The first-order chi connectivity index (χ1) is 13.2. The van der Waals surface area contributed by atoms with E-state index in [1.54, 1.807) is 11.3 Å². The number of nitrogens with zero attached hydrogens (tertiary/aromatic N) is 3. The summed E-state index contributed by atoms with van der Waals surface area (Å²) < 4.78 is 6.10. The fraction of sp³-hybridized carbons (Fsp3) is 0.524. The number of fused-ring (bicyclic) bond motifs is 5. The van der Waals surface area contributed by atoms with Crippen molar-refractivity contribution in [2.75, 3.05) is 20.1 Å². The lowest BCUT2D eigenvalue weighted by Gasteiger charge is -2.23. The Kier molecular flexibility index (Phi) is 4.40. The van der Waals surface area contributed by atoms with Gasteiger partial charge in [0.1, 0.15) is 5.01 Å². The number of aryl methyl sites for hydroxylation is 1. The van der Waals surface area contributed by atoms with Crippen molar-refractivity contribution in [3.8, 4) is 10.6 Å². The minimum atomic E-state index is 0.486. The molecule has 0 aliphatic carbocycles. The van der Waals surface area contributed by atoms with E-state index in [1.165, 1.54) is 23.3 Å². The summed E-state index contributed by atoms with van der Waals surface area (Å²) in [6.07, 6.45) is 3.46. The van der Waals surface area contributed by atoms with Gasteiger partial charge in [0.15, 0.2) is 5.96 Å². The van der Waals surface area contributed by atoms with Crippen molar-refractivity contribution >= 4 is 17.3 Å². The number of rotatable bonds is 3. The number of hydrogen-bond acceptors (Lipinski definition) is 4. The molecule has 4 atom stereocenters. The predicted octanol–water partition coefficient (Wildman–Crippen LogP) is 3.30. The van der Waals surface area contributed by atoms with Gasteiger partial charge in [-0.15, -0.1) is 11.3 Å². The molecule has 1 aromatic carbocycles. The molecular formula is C21H26N4OS. The first kappa shape index (κ1) is 17.2. The molecule has 2 bridgehead atoms. The Balaban J connectivity index is 1.25. The van der Waals surface area contributed by atoms with Crippen molar-refractivity contribution in [1.29, 1.82) is 0 Å². The normalized spacial score (nSPS) is 29.4. The Morgan fingerprint density at radius 3 is 2.59 bits per heavy atom. The van der Waals surface area contributed by atoms with Crippen LogP contribution >= 0.6 is 11.3 Å². The van der Waals surface area contributed by atoms with Crippen molar-refractivity contribution in [2.24, 2.45) is 16.8 Å². The monoisotopic (exact) mass is 382 g/mol. The number of ether oxygens (including phenoxy) is 1. The number of aliphatic imine (C=N–C) groups is 1. The van der Waals surface area contributed by atoms with Gasteiger partial charge in [0.05, 0.1) is 24.4 Å². The van der Waals surface area contributed by atoms with E-state index in [1.807, 2.05) is 13.1 Å².